The third-order valence-corrected chi connectivity index (χ3v) is 2.41. The van der Waals surface area contributed by atoms with E-state index >= 15 is 0 Å². The molecule has 0 aliphatic rings. The van der Waals surface area contributed by atoms with Crippen molar-refractivity contribution < 1.29 is 4.79 Å². The number of carbonyl (C=O) groups is 1. The Kier molecular flexibility index (Phi) is 4.25. The summed E-state index contributed by atoms with van der Waals surface area (Å²) in [7, 11) is 0. The summed E-state index contributed by atoms with van der Waals surface area (Å²) in [6.07, 6.45) is 1.45. The number of hydrogen-bond donors (Lipinski definition) is 3. The van der Waals surface area contributed by atoms with E-state index in [1.165, 1.54) is 12.3 Å². The van der Waals surface area contributed by atoms with E-state index in [1.54, 1.807) is 6.07 Å². The molecule has 0 saturated heterocycles. The molecular formula is C11H17N3O2. The Bertz CT molecular complexity index is 412. The number of aromatic nitrogens is 1. The number of nitrogens with one attached hydrogen (secondary N) is 2. The summed E-state index contributed by atoms with van der Waals surface area (Å²) in [5.74, 6) is -0.00815. The normalized spacial score (nSPS) is 12.5. The SMILES string of the molecule is CC(C)C(CN)NC(=O)c1cc[nH]c(=O)c1. The van der Waals surface area contributed by atoms with Crippen LogP contribution in [0, 0.1) is 5.92 Å². The average molecular weight is 223 g/mol. The number of carbonyl (C=O) groups excluding carboxylic acids is 1. The van der Waals surface area contributed by atoms with Crippen LogP contribution >= 0.6 is 0 Å². The first-order valence-corrected chi connectivity index (χ1v) is 5.24. The van der Waals surface area contributed by atoms with Crippen molar-refractivity contribution in [2.45, 2.75) is 19.9 Å². The van der Waals surface area contributed by atoms with Crippen LogP contribution in [0.25, 0.3) is 0 Å². The summed E-state index contributed by atoms with van der Waals surface area (Å²) in [6.45, 7) is 4.35. The smallest absolute Gasteiger partial charge is 0.251 e. The number of amides is 1. The van der Waals surface area contributed by atoms with Crippen LogP contribution in [0.2, 0.25) is 0 Å². The molecule has 0 aliphatic heterocycles. The molecule has 5 nitrogen and oxygen atoms in total. The first kappa shape index (κ1) is 12.4. The van der Waals surface area contributed by atoms with Crippen LogP contribution in [-0.2, 0) is 0 Å². The molecule has 0 aromatic carbocycles. The van der Waals surface area contributed by atoms with Crippen molar-refractivity contribution >= 4 is 5.91 Å². The van der Waals surface area contributed by atoms with E-state index in [0.717, 1.165) is 0 Å². The molecule has 5 heteroatoms. The Morgan fingerprint density at radius 1 is 1.56 bits per heavy atom. The molecule has 1 aromatic heterocycles. The number of pyridine rings is 1. The highest BCUT2D eigenvalue weighted by Gasteiger charge is 2.15. The minimum atomic E-state index is -0.290. The van der Waals surface area contributed by atoms with Crippen molar-refractivity contribution in [3.8, 4) is 0 Å². The minimum absolute atomic E-state index is 0.0770. The zero-order valence-corrected chi connectivity index (χ0v) is 9.49. The number of nitrogens with two attached hydrogens (primary N) is 1. The third kappa shape index (κ3) is 3.20. The van der Waals surface area contributed by atoms with Crippen LogP contribution in [0.4, 0.5) is 0 Å². The monoisotopic (exact) mass is 223 g/mol. The van der Waals surface area contributed by atoms with Crippen LogP contribution in [0.1, 0.15) is 24.2 Å². The number of aromatic amines is 1. The number of H-pyrrole nitrogens is 1. The van der Waals surface area contributed by atoms with Gasteiger partial charge in [-0.05, 0) is 12.0 Å². The van der Waals surface area contributed by atoms with Crippen molar-refractivity contribution in [3.63, 3.8) is 0 Å². The fraction of sp³-hybridized carbons (Fsp3) is 0.455. The molecule has 1 amide bonds. The number of hydrogen-bond acceptors (Lipinski definition) is 3. The van der Waals surface area contributed by atoms with Gasteiger partial charge in [0.2, 0.25) is 5.56 Å². The van der Waals surface area contributed by atoms with Gasteiger partial charge in [-0.2, -0.15) is 0 Å². The van der Waals surface area contributed by atoms with Gasteiger partial charge < -0.3 is 16.0 Å². The highest BCUT2D eigenvalue weighted by Crippen LogP contribution is 2.01. The van der Waals surface area contributed by atoms with Crippen molar-refractivity contribution in [3.05, 3.63) is 34.2 Å². The first-order valence-electron chi connectivity index (χ1n) is 5.24. The lowest BCUT2D eigenvalue weighted by molar-refractivity contribution is 0.0927. The second kappa shape index (κ2) is 5.46. The maximum Gasteiger partial charge on any atom is 0.251 e. The van der Waals surface area contributed by atoms with Gasteiger partial charge in [0.05, 0.1) is 0 Å². The second-order valence-corrected chi connectivity index (χ2v) is 4.00. The fourth-order valence-corrected chi connectivity index (χ4v) is 1.34. The quantitative estimate of drug-likeness (QED) is 0.676. The third-order valence-electron chi connectivity index (χ3n) is 2.41. The average Bonchev–Trinajstić information content (AvgIpc) is 2.25. The summed E-state index contributed by atoms with van der Waals surface area (Å²) in [5.41, 5.74) is 5.61. The lowest BCUT2D eigenvalue weighted by Gasteiger charge is -2.20. The molecule has 88 valence electrons. The molecule has 4 N–H and O–H groups in total. The van der Waals surface area contributed by atoms with Gasteiger partial charge in [0.25, 0.3) is 5.91 Å². The zero-order valence-electron chi connectivity index (χ0n) is 9.49. The van der Waals surface area contributed by atoms with E-state index in [4.69, 9.17) is 5.73 Å². The largest absolute Gasteiger partial charge is 0.348 e. The molecule has 16 heavy (non-hydrogen) atoms. The van der Waals surface area contributed by atoms with Crippen molar-refractivity contribution in [2.24, 2.45) is 11.7 Å². The van der Waals surface area contributed by atoms with Crippen molar-refractivity contribution in [2.75, 3.05) is 6.54 Å². The van der Waals surface area contributed by atoms with Crippen molar-refractivity contribution in [1.29, 1.82) is 0 Å². The maximum absolute atomic E-state index is 11.8. The van der Waals surface area contributed by atoms with Gasteiger partial charge in [-0.3, -0.25) is 9.59 Å². The molecule has 0 bridgehead atoms. The molecule has 1 unspecified atom stereocenters. The van der Waals surface area contributed by atoms with Crippen LogP contribution in [-0.4, -0.2) is 23.5 Å². The van der Waals surface area contributed by atoms with E-state index in [0.29, 0.717) is 12.1 Å². The second-order valence-electron chi connectivity index (χ2n) is 4.00. The molecule has 1 rings (SSSR count). The maximum atomic E-state index is 11.8. The molecule has 0 aliphatic carbocycles. The fourth-order valence-electron chi connectivity index (χ4n) is 1.34. The molecule has 0 saturated carbocycles. The van der Waals surface area contributed by atoms with E-state index in [-0.39, 0.29) is 23.4 Å². The Balaban J connectivity index is 2.75. The van der Waals surface area contributed by atoms with Gasteiger partial charge in [-0.25, -0.2) is 0 Å². The van der Waals surface area contributed by atoms with Gasteiger partial charge in [-0.15, -0.1) is 0 Å². The zero-order chi connectivity index (χ0) is 12.1. The highest BCUT2D eigenvalue weighted by atomic mass is 16.2. The summed E-state index contributed by atoms with van der Waals surface area (Å²) >= 11 is 0. The van der Waals surface area contributed by atoms with E-state index < -0.39 is 0 Å². The topological polar surface area (TPSA) is 88.0 Å². The molecule has 1 heterocycles. The molecule has 0 fully saturated rings. The Morgan fingerprint density at radius 2 is 2.25 bits per heavy atom. The summed E-state index contributed by atoms with van der Waals surface area (Å²) in [5, 5.41) is 2.79. The molecule has 0 radical (unpaired) electrons. The predicted octanol–water partition coefficient (Wildman–Crippen LogP) is 0.0880. The van der Waals surface area contributed by atoms with Gasteiger partial charge >= 0.3 is 0 Å². The first-order chi connectivity index (χ1) is 7.54. The van der Waals surface area contributed by atoms with Crippen LogP contribution < -0.4 is 16.6 Å². The van der Waals surface area contributed by atoms with Crippen LogP contribution in [0.5, 0.6) is 0 Å². The van der Waals surface area contributed by atoms with Gasteiger partial charge in [0.1, 0.15) is 0 Å². The minimum Gasteiger partial charge on any atom is -0.348 e. The van der Waals surface area contributed by atoms with Crippen molar-refractivity contribution in [1.82, 2.24) is 10.3 Å². The summed E-state index contributed by atoms with van der Waals surface area (Å²) in [6, 6.07) is 2.75. The van der Waals surface area contributed by atoms with Gasteiger partial charge in [-0.1, -0.05) is 13.8 Å². The molecule has 0 spiro atoms. The standard InChI is InChI=1S/C11H17N3O2/c1-7(2)9(6-12)14-11(16)8-3-4-13-10(15)5-8/h3-5,7,9H,6,12H2,1-2H3,(H,13,15)(H,14,16). The molecule has 1 aromatic rings. The Morgan fingerprint density at radius 3 is 2.75 bits per heavy atom. The van der Waals surface area contributed by atoms with Gasteiger partial charge in [0.15, 0.2) is 0 Å². The lowest BCUT2D eigenvalue weighted by atomic mass is 10.0. The highest BCUT2D eigenvalue weighted by molar-refractivity contribution is 5.94. The summed E-state index contributed by atoms with van der Waals surface area (Å²) < 4.78 is 0. The summed E-state index contributed by atoms with van der Waals surface area (Å²) in [4.78, 5) is 25.2. The molecular weight excluding hydrogens is 206 g/mol. The Hall–Kier alpha value is -1.62. The molecule has 1 atom stereocenters. The van der Waals surface area contributed by atoms with E-state index in [1.807, 2.05) is 13.8 Å². The van der Waals surface area contributed by atoms with E-state index in [9.17, 15) is 9.59 Å². The van der Waals surface area contributed by atoms with Gasteiger partial charge in [0, 0.05) is 30.4 Å². The lowest BCUT2D eigenvalue weighted by Crippen LogP contribution is -2.43. The van der Waals surface area contributed by atoms with E-state index in [2.05, 4.69) is 10.3 Å². The Labute approximate surface area is 94.1 Å². The van der Waals surface area contributed by atoms with Crippen LogP contribution in [0.3, 0.4) is 0 Å². The number of rotatable bonds is 4. The van der Waals surface area contributed by atoms with Crippen LogP contribution in [0.15, 0.2) is 23.1 Å². The predicted molar refractivity (Wildman–Crippen MR) is 62.2 cm³/mol.